The van der Waals surface area contributed by atoms with Crippen LogP contribution in [0.15, 0.2) is 23.2 Å². The topological polar surface area (TPSA) is 103 Å². The Bertz CT molecular complexity index is 617. The Hall–Kier alpha value is -2.28. The first-order valence-corrected chi connectivity index (χ1v) is 7.96. The van der Waals surface area contributed by atoms with Crippen molar-refractivity contribution in [3.05, 3.63) is 23.8 Å². The molecule has 0 radical (unpaired) electrons. The van der Waals surface area contributed by atoms with Gasteiger partial charge >= 0.3 is 5.97 Å². The van der Waals surface area contributed by atoms with Gasteiger partial charge in [-0.3, -0.25) is 4.79 Å². The molecular weight excluding hydrogens is 312 g/mol. The summed E-state index contributed by atoms with van der Waals surface area (Å²) in [5.74, 6) is 0.471. The number of benzene rings is 1. The van der Waals surface area contributed by atoms with E-state index in [1.807, 2.05) is 13.8 Å². The van der Waals surface area contributed by atoms with Crippen LogP contribution in [-0.2, 0) is 14.3 Å². The summed E-state index contributed by atoms with van der Waals surface area (Å²) in [4.78, 5) is 16.3. The number of phenolic OH excluding ortho intramolecular Hbond substituents is 1. The quantitative estimate of drug-likeness (QED) is 0.731. The third-order valence-electron chi connectivity index (χ3n) is 4.09. The van der Waals surface area contributed by atoms with Gasteiger partial charge in [0, 0.05) is 5.56 Å². The molecule has 2 rings (SSSR count). The van der Waals surface area contributed by atoms with Crippen LogP contribution < -0.4 is 10.5 Å². The molecule has 7 nitrogen and oxygen atoms in total. The molecule has 1 unspecified atom stereocenters. The number of rotatable bonds is 7. The molecule has 0 bridgehead atoms. The van der Waals surface area contributed by atoms with E-state index in [2.05, 4.69) is 4.99 Å². The number of hydrogen-bond donors (Lipinski definition) is 2. The minimum atomic E-state index is -0.623. The SMILES string of the molecule is CCC(C)[C@H](N)C(=O)OC[C@H]1COC(c2ccc(O)c(OC)c2)=N1. The van der Waals surface area contributed by atoms with E-state index < -0.39 is 12.0 Å². The molecule has 0 saturated carbocycles. The van der Waals surface area contributed by atoms with Gasteiger partial charge in [-0.15, -0.1) is 0 Å². The number of carbonyl (C=O) groups excluding carboxylic acids is 1. The van der Waals surface area contributed by atoms with Crippen LogP contribution in [0.3, 0.4) is 0 Å². The molecule has 1 aliphatic heterocycles. The van der Waals surface area contributed by atoms with Crippen LogP contribution >= 0.6 is 0 Å². The largest absolute Gasteiger partial charge is 0.504 e. The second kappa shape index (κ2) is 8.01. The van der Waals surface area contributed by atoms with Crippen LogP contribution in [-0.4, -0.2) is 49.4 Å². The molecule has 3 atom stereocenters. The maximum absolute atomic E-state index is 11.9. The fraction of sp³-hybridized carbons (Fsp3) is 0.529. The van der Waals surface area contributed by atoms with E-state index in [0.29, 0.717) is 23.8 Å². The van der Waals surface area contributed by atoms with Crippen molar-refractivity contribution in [3.63, 3.8) is 0 Å². The summed E-state index contributed by atoms with van der Waals surface area (Å²) in [6.07, 6.45) is 0.813. The number of hydrogen-bond acceptors (Lipinski definition) is 7. The Morgan fingerprint density at radius 3 is 2.96 bits per heavy atom. The highest BCUT2D eigenvalue weighted by Crippen LogP contribution is 2.27. The molecule has 3 N–H and O–H groups in total. The number of aliphatic imine (C=N–C) groups is 1. The number of nitrogens with two attached hydrogens (primary N) is 1. The standard InChI is InChI=1S/C17H24N2O5/c1-4-10(2)15(18)17(21)24-9-12-8-23-16(19-12)11-5-6-13(20)14(7-11)22-3/h5-7,10,12,15,20H,4,8-9,18H2,1-3H3/t10?,12-,15+/m1/s1. The van der Waals surface area contributed by atoms with Gasteiger partial charge in [0.05, 0.1) is 7.11 Å². The lowest BCUT2D eigenvalue weighted by Crippen LogP contribution is -2.39. The highest BCUT2D eigenvalue weighted by molar-refractivity contribution is 5.95. The molecule has 0 spiro atoms. The molecular formula is C17H24N2O5. The number of nitrogens with zero attached hydrogens (tertiary/aromatic N) is 1. The number of carbonyl (C=O) groups is 1. The summed E-state index contributed by atoms with van der Waals surface area (Å²) in [6, 6.07) is 3.94. The van der Waals surface area contributed by atoms with Gasteiger partial charge in [-0.2, -0.15) is 0 Å². The Balaban J connectivity index is 1.95. The van der Waals surface area contributed by atoms with Gasteiger partial charge in [-0.05, 0) is 24.1 Å². The van der Waals surface area contributed by atoms with Crippen LogP contribution in [0.5, 0.6) is 11.5 Å². The van der Waals surface area contributed by atoms with E-state index in [0.717, 1.165) is 6.42 Å². The summed E-state index contributed by atoms with van der Waals surface area (Å²) in [5.41, 5.74) is 6.53. The zero-order valence-electron chi connectivity index (χ0n) is 14.2. The molecule has 0 saturated heterocycles. The lowest BCUT2D eigenvalue weighted by Gasteiger charge is -2.17. The van der Waals surface area contributed by atoms with Crippen molar-refractivity contribution >= 4 is 11.9 Å². The molecule has 24 heavy (non-hydrogen) atoms. The minimum absolute atomic E-state index is 0.0457. The van der Waals surface area contributed by atoms with Crippen molar-refractivity contribution < 1.29 is 24.1 Å². The van der Waals surface area contributed by atoms with Gasteiger partial charge in [0.15, 0.2) is 11.5 Å². The van der Waals surface area contributed by atoms with E-state index in [-0.39, 0.29) is 24.3 Å². The maximum Gasteiger partial charge on any atom is 0.323 e. The van der Waals surface area contributed by atoms with Crippen molar-refractivity contribution in [3.8, 4) is 11.5 Å². The summed E-state index contributed by atoms with van der Waals surface area (Å²) in [7, 11) is 1.47. The van der Waals surface area contributed by atoms with E-state index >= 15 is 0 Å². The van der Waals surface area contributed by atoms with Crippen LogP contribution in [0.1, 0.15) is 25.8 Å². The maximum atomic E-state index is 11.9. The van der Waals surface area contributed by atoms with E-state index in [9.17, 15) is 9.90 Å². The molecule has 0 fully saturated rings. The van der Waals surface area contributed by atoms with Crippen molar-refractivity contribution in [2.45, 2.75) is 32.4 Å². The molecule has 0 aromatic heterocycles. The lowest BCUT2D eigenvalue weighted by atomic mass is 10.0. The van der Waals surface area contributed by atoms with Gasteiger partial charge in [0.25, 0.3) is 0 Å². The van der Waals surface area contributed by atoms with Crippen LogP contribution in [0, 0.1) is 5.92 Å². The van der Waals surface area contributed by atoms with E-state index in [1.54, 1.807) is 12.1 Å². The molecule has 1 aliphatic rings. The monoisotopic (exact) mass is 336 g/mol. The Morgan fingerprint density at radius 1 is 1.54 bits per heavy atom. The number of aromatic hydroxyl groups is 1. The first kappa shape index (κ1) is 18.1. The van der Waals surface area contributed by atoms with Crippen molar-refractivity contribution in [1.82, 2.24) is 0 Å². The van der Waals surface area contributed by atoms with Gasteiger partial charge < -0.3 is 25.1 Å². The number of esters is 1. The highest BCUT2D eigenvalue weighted by atomic mass is 16.5. The molecule has 132 valence electrons. The zero-order chi connectivity index (χ0) is 17.7. The summed E-state index contributed by atoms with van der Waals surface area (Å²) >= 11 is 0. The number of phenols is 1. The molecule has 1 heterocycles. The Labute approximate surface area is 141 Å². The average molecular weight is 336 g/mol. The third kappa shape index (κ3) is 4.17. The average Bonchev–Trinajstić information content (AvgIpc) is 3.07. The van der Waals surface area contributed by atoms with Gasteiger partial charge in [-0.1, -0.05) is 20.3 Å². The molecule has 1 aromatic carbocycles. The molecule has 0 aliphatic carbocycles. The Kier molecular flexibility index (Phi) is 6.03. The predicted molar refractivity (Wildman–Crippen MR) is 89.3 cm³/mol. The van der Waals surface area contributed by atoms with E-state index in [1.165, 1.54) is 13.2 Å². The van der Waals surface area contributed by atoms with Crippen molar-refractivity contribution in [2.75, 3.05) is 20.3 Å². The second-order valence-electron chi connectivity index (χ2n) is 5.83. The fourth-order valence-corrected chi connectivity index (χ4v) is 2.23. The van der Waals surface area contributed by atoms with Gasteiger partial charge in [0.2, 0.25) is 5.90 Å². The van der Waals surface area contributed by atoms with Crippen molar-refractivity contribution in [2.24, 2.45) is 16.6 Å². The smallest absolute Gasteiger partial charge is 0.323 e. The summed E-state index contributed by atoms with van der Waals surface area (Å²) < 4.78 is 15.9. The number of ether oxygens (including phenoxy) is 3. The number of methoxy groups -OCH3 is 1. The minimum Gasteiger partial charge on any atom is -0.504 e. The molecule has 0 amide bonds. The van der Waals surface area contributed by atoms with Gasteiger partial charge in [0.1, 0.15) is 25.3 Å². The fourth-order valence-electron chi connectivity index (χ4n) is 2.23. The highest BCUT2D eigenvalue weighted by Gasteiger charge is 2.25. The third-order valence-corrected chi connectivity index (χ3v) is 4.09. The molecule has 1 aromatic rings. The van der Waals surface area contributed by atoms with Crippen LogP contribution in [0.25, 0.3) is 0 Å². The van der Waals surface area contributed by atoms with Crippen LogP contribution in [0.4, 0.5) is 0 Å². The molecule has 7 heteroatoms. The summed E-state index contributed by atoms with van der Waals surface area (Å²) in [6.45, 7) is 4.34. The van der Waals surface area contributed by atoms with E-state index in [4.69, 9.17) is 19.9 Å². The predicted octanol–water partition coefficient (Wildman–Crippen LogP) is 1.46. The second-order valence-corrected chi connectivity index (χ2v) is 5.83. The first-order valence-electron chi connectivity index (χ1n) is 7.96. The summed E-state index contributed by atoms with van der Waals surface area (Å²) in [5, 5.41) is 9.62. The lowest BCUT2D eigenvalue weighted by molar-refractivity contribution is -0.147. The normalized spacial score (nSPS) is 19.2. The van der Waals surface area contributed by atoms with Crippen LogP contribution in [0.2, 0.25) is 0 Å². The first-order chi connectivity index (χ1) is 11.5. The van der Waals surface area contributed by atoms with Crippen molar-refractivity contribution in [1.29, 1.82) is 0 Å². The Morgan fingerprint density at radius 2 is 2.29 bits per heavy atom. The zero-order valence-corrected chi connectivity index (χ0v) is 14.2. The van der Waals surface area contributed by atoms with Gasteiger partial charge in [-0.25, -0.2) is 4.99 Å².